The molecule has 4 nitrogen and oxygen atoms in total. The largest absolute Gasteiger partial charge is 0.390 e. The normalized spacial score (nSPS) is 13.7. The summed E-state index contributed by atoms with van der Waals surface area (Å²) in [7, 11) is 0. The fourth-order valence-corrected chi connectivity index (χ4v) is 2.04. The highest BCUT2D eigenvalue weighted by atomic mass is 19.3. The molecule has 1 aromatic carbocycles. The highest BCUT2D eigenvalue weighted by Gasteiger charge is 2.39. The highest BCUT2D eigenvalue weighted by Crippen LogP contribution is 2.34. The minimum absolute atomic E-state index is 0.143. The number of alkyl halides is 2. The molecule has 6 heteroatoms. The molecule has 0 bridgehead atoms. The van der Waals surface area contributed by atoms with Crippen LogP contribution in [-0.4, -0.2) is 28.1 Å². The summed E-state index contributed by atoms with van der Waals surface area (Å²) < 4.78 is 28.3. The van der Waals surface area contributed by atoms with Crippen molar-refractivity contribution < 1.29 is 18.7 Å². The van der Waals surface area contributed by atoms with Gasteiger partial charge in [-0.3, -0.25) is 9.36 Å². The summed E-state index contributed by atoms with van der Waals surface area (Å²) in [5, 5.41) is 9.19. The fourth-order valence-electron chi connectivity index (χ4n) is 2.04. The lowest BCUT2D eigenvalue weighted by Crippen LogP contribution is -2.36. The summed E-state index contributed by atoms with van der Waals surface area (Å²) in [5.41, 5.74) is 6.19. The zero-order valence-corrected chi connectivity index (χ0v) is 10.3. The maximum absolute atomic E-state index is 13.5. The van der Waals surface area contributed by atoms with E-state index in [1.807, 2.05) is 0 Å². The van der Waals surface area contributed by atoms with Crippen molar-refractivity contribution in [2.24, 2.45) is 5.73 Å². The van der Waals surface area contributed by atoms with Gasteiger partial charge in [-0.05, 0) is 6.07 Å². The third-order valence-electron chi connectivity index (χ3n) is 3.08. The second-order valence-electron chi connectivity index (χ2n) is 4.39. The van der Waals surface area contributed by atoms with Crippen molar-refractivity contribution in [1.29, 1.82) is 0 Å². The number of hydrogen-bond acceptors (Lipinski definition) is 3. The number of carbonyl (C=O) groups excluding carboxylic acids is 1. The van der Waals surface area contributed by atoms with Gasteiger partial charge in [0.15, 0.2) is 0 Å². The van der Waals surface area contributed by atoms with Crippen molar-refractivity contribution in [2.75, 3.05) is 6.61 Å². The van der Waals surface area contributed by atoms with E-state index in [0.717, 1.165) is 0 Å². The summed E-state index contributed by atoms with van der Waals surface area (Å²) in [6.07, 6.45) is 1.31. The first-order chi connectivity index (χ1) is 8.88. The summed E-state index contributed by atoms with van der Waals surface area (Å²) in [6, 6.07) is 5.01. The number of benzene rings is 1. The Bertz CT molecular complexity index is 622. The van der Waals surface area contributed by atoms with Crippen LogP contribution in [0.1, 0.15) is 23.3 Å². The molecule has 0 saturated heterocycles. The number of aliphatic hydroxyl groups excluding tert-OH is 1. The predicted molar refractivity (Wildman–Crippen MR) is 67.2 cm³/mol. The lowest BCUT2D eigenvalue weighted by Gasteiger charge is -2.20. The Hall–Kier alpha value is -1.79. The minimum Gasteiger partial charge on any atom is -0.390 e. The number of carbonyl (C=O) groups is 1. The lowest BCUT2D eigenvalue weighted by atomic mass is 10.0. The number of hydrogen-bond donors (Lipinski definition) is 2. The molecule has 1 atom stereocenters. The summed E-state index contributed by atoms with van der Waals surface area (Å²) >= 11 is 0. The number of para-hydroxylation sites is 1. The van der Waals surface area contributed by atoms with Gasteiger partial charge in [0.2, 0.25) is 5.91 Å². The molecule has 0 amide bonds. The molecule has 102 valence electrons. The van der Waals surface area contributed by atoms with Gasteiger partial charge in [-0.25, -0.2) is 8.78 Å². The van der Waals surface area contributed by atoms with E-state index in [1.165, 1.54) is 17.7 Å². The molecule has 0 spiro atoms. The van der Waals surface area contributed by atoms with Crippen molar-refractivity contribution in [3.8, 4) is 0 Å². The van der Waals surface area contributed by atoms with Gasteiger partial charge in [-0.15, -0.1) is 0 Å². The van der Waals surface area contributed by atoms with Gasteiger partial charge in [0, 0.05) is 24.1 Å². The third-order valence-corrected chi connectivity index (χ3v) is 3.08. The first-order valence-electron chi connectivity index (χ1n) is 5.73. The van der Waals surface area contributed by atoms with Gasteiger partial charge in [0.25, 0.3) is 5.92 Å². The Labute approximate surface area is 108 Å². The van der Waals surface area contributed by atoms with Crippen LogP contribution in [0.3, 0.4) is 0 Å². The van der Waals surface area contributed by atoms with E-state index in [-0.39, 0.29) is 11.5 Å². The van der Waals surface area contributed by atoms with Crippen LogP contribution in [0.15, 0.2) is 30.5 Å². The molecule has 1 aromatic heterocycles. The maximum Gasteiger partial charge on any atom is 0.289 e. The van der Waals surface area contributed by atoms with Crippen LogP contribution in [0.2, 0.25) is 0 Å². The van der Waals surface area contributed by atoms with Gasteiger partial charge in [-0.2, -0.15) is 0 Å². The minimum atomic E-state index is -3.44. The van der Waals surface area contributed by atoms with Crippen molar-refractivity contribution >= 4 is 16.8 Å². The van der Waals surface area contributed by atoms with Gasteiger partial charge < -0.3 is 10.8 Å². The fraction of sp³-hybridized carbons (Fsp3) is 0.308. The number of halogens is 2. The molecule has 0 aliphatic heterocycles. The zero-order valence-electron chi connectivity index (χ0n) is 10.3. The second kappa shape index (κ2) is 4.71. The van der Waals surface area contributed by atoms with Gasteiger partial charge in [-0.1, -0.05) is 18.2 Å². The number of nitrogens with two attached hydrogens (primary N) is 1. The SMILES string of the molecule is CC(=O)n1cc([C@H](N)C(F)(F)CO)c2ccccc21. The van der Waals surface area contributed by atoms with Crippen LogP contribution < -0.4 is 5.73 Å². The molecular weight excluding hydrogens is 254 g/mol. The van der Waals surface area contributed by atoms with E-state index in [9.17, 15) is 13.6 Å². The van der Waals surface area contributed by atoms with E-state index in [1.54, 1.807) is 24.3 Å². The predicted octanol–water partition coefficient (Wildman–Crippen LogP) is 1.93. The quantitative estimate of drug-likeness (QED) is 0.893. The third kappa shape index (κ3) is 2.24. The Kier molecular flexibility index (Phi) is 3.38. The molecule has 1 heterocycles. The topological polar surface area (TPSA) is 68.2 Å². The Morgan fingerprint density at radius 1 is 1.47 bits per heavy atom. The molecule has 3 N–H and O–H groups in total. The van der Waals surface area contributed by atoms with E-state index in [4.69, 9.17) is 10.8 Å². The molecule has 2 aromatic rings. The van der Waals surface area contributed by atoms with Gasteiger partial charge in [0.1, 0.15) is 6.61 Å². The highest BCUT2D eigenvalue weighted by molar-refractivity contribution is 5.93. The number of aromatic nitrogens is 1. The van der Waals surface area contributed by atoms with Crippen LogP contribution in [0, 0.1) is 0 Å². The molecule has 0 unspecified atom stereocenters. The Morgan fingerprint density at radius 3 is 2.68 bits per heavy atom. The maximum atomic E-state index is 13.5. The molecule has 0 aliphatic rings. The average Bonchev–Trinajstić information content (AvgIpc) is 2.77. The van der Waals surface area contributed by atoms with E-state index in [0.29, 0.717) is 10.9 Å². The molecule has 2 rings (SSSR count). The van der Waals surface area contributed by atoms with Crippen LogP contribution in [0.5, 0.6) is 0 Å². The zero-order chi connectivity index (χ0) is 14.2. The first kappa shape index (κ1) is 13.6. The van der Waals surface area contributed by atoms with Crippen molar-refractivity contribution in [3.63, 3.8) is 0 Å². The van der Waals surface area contributed by atoms with Gasteiger partial charge >= 0.3 is 0 Å². The van der Waals surface area contributed by atoms with Gasteiger partial charge in [0.05, 0.1) is 11.6 Å². The van der Waals surface area contributed by atoms with Crippen LogP contribution in [0.25, 0.3) is 10.9 Å². The molecular formula is C13H14F2N2O2. The van der Waals surface area contributed by atoms with Crippen molar-refractivity contribution in [2.45, 2.75) is 18.9 Å². The molecule has 0 aliphatic carbocycles. The first-order valence-corrected chi connectivity index (χ1v) is 5.73. The monoisotopic (exact) mass is 268 g/mol. The van der Waals surface area contributed by atoms with Crippen LogP contribution in [0.4, 0.5) is 8.78 Å². The summed E-state index contributed by atoms with van der Waals surface area (Å²) in [5.74, 6) is -3.73. The summed E-state index contributed by atoms with van der Waals surface area (Å²) in [6.45, 7) is -0.000323. The number of aliphatic hydroxyl groups is 1. The molecule has 19 heavy (non-hydrogen) atoms. The number of fused-ring (bicyclic) bond motifs is 1. The standard InChI is InChI=1S/C13H14F2N2O2/c1-8(19)17-6-10(12(16)13(14,15)7-18)9-4-2-3-5-11(9)17/h2-6,12,18H,7,16H2,1H3/t12-/m0/s1. The number of nitrogens with zero attached hydrogens (tertiary/aromatic N) is 1. The second-order valence-corrected chi connectivity index (χ2v) is 4.39. The molecule has 0 fully saturated rings. The molecule has 0 radical (unpaired) electrons. The van der Waals surface area contributed by atoms with Crippen LogP contribution in [-0.2, 0) is 0 Å². The smallest absolute Gasteiger partial charge is 0.289 e. The Balaban J connectivity index is 2.65. The lowest BCUT2D eigenvalue weighted by molar-refractivity contribution is -0.0708. The van der Waals surface area contributed by atoms with Crippen molar-refractivity contribution in [1.82, 2.24) is 4.57 Å². The summed E-state index contributed by atoms with van der Waals surface area (Å²) in [4.78, 5) is 11.5. The number of rotatable bonds is 3. The van der Waals surface area contributed by atoms with Crippen LogP contribution >= 0.6 is 0 Å². The van der Waals surface area contributed by atoms with E-state index in [2.05, 4.69) is 0 Å². The Morgan fingerprint density at radius 2 is 2.11 bits per heavy atom. The van der Waals surface area contributed by atoms with E-state index >= 15 is 0 Å². The molecule has 0 saturated carbocycles. The van der Waals surface area contributed by atoms with Crippen molar-refractivity contribution in [3.05, 3.63) is 36.0 Å². The van der Waals surface area contributed by atoms with E-state index < -0.39 is 18.6 Å². The average molecular weight is 268 g/mol.